The molecule has 1 aliphatic heterocycles. The number of hydrogen-bond acceptors (Lipinski definition) is 7. The van der Waals surface area contributed by atoms with E-state index in [0.717, 1.165) is 11.6 Å². The Morgan fingerprint density at radius 2 is 1.73 bits per heavy atom. The topological polar surface area (TPSA) is 135 Å². The Bertz CT molecular complexity index is 1060. The molecule has 37 heavy (non-hydrogen) atoms. The highest BCUT2D eigenvalue weighted by Crippen LogP contribution is 2.18. The van der Waals surface area contributed by atoms with Crippen molar-refractivity contribution in [1.29, 1.82) is 0 Å². The van der Waals surface area contributed by atoms with Crippen LogP contribution in [-0.4, -0.2) is 90.2 Å². The van der Waals surface area contributed by atoms with Gasteiger partial charge in [-0.2, -0.15) is 4.99 Å². The number of ketones is 1. The van der Waals surface area contributed by atoms with Crippen LogP contribution in [0.2, 0.25) is 0 Å². The van der Waals surface area contributed by atoms with E-state index in [1.165, 1.54) is 9.80 Å². The van der Waals surface area contributed by atoms with Crippen molar-refractivity contribution in [2.75, 3.05) is 33.3 Å². The fraction of sp³-hybridized carbons (Fsp3) is 0.520. The molecule has 1 aromatic carbocycles. The van der Waals surface area contributed by atoms with Crippen LogP contribution in [0.5, 0.6) is 0 Å². The molecule has 1 saturated heterocycles. The zero-order valence-electron chi connectivity index (χ0n) is 21.9. The molecule has 0 aliphatic carbocycles. The Kier molecular flexibility index (Phi) is 10.4. The van der Waals surface area contributed by atoms with E-state index in [4.69, 9.17) is 4.74 Å². The summed E-state index contributed by atoms with van der Waals surface area (Å²) in [6, 6.07) is 5.52. The number of carbonyl (C=O) groups excluding carboxylic acids is 5. The van der Waals surface area contributed by atoms with Crippen LogP contribution in [-0.2, 0) is 19.1 Å². The Morgan fingerprint density at radius 3 is 2.27 bits per heavy atom. The lowest BCUT2D eigenvalue weighted by Crippen LogP contribution is -2.63. The maximum Gasteiger partial charge on any atom is 0.433 e. The van der Waals surface area contributed by atoms with Crippen molar-refractivity contribution >= 4 is 51.4 Å². The molecular formula is C25H33BrN4O7. The van der Waals surface area contributed by atoms with Crippen molar-refractivity contribution in [3.05, 3.63) is 34.3 Å². The Labute approximate surface area is 224 Å². The number of piperazine rings is 1. The quantitative estimate of drug-likeness (QED) is 0.403. The molecule has 0 bridgehead atoms. The summed E-state index contributed by atoms with van der Waals surface area (Å²) in [6.45, 7) is 8.16. The standard InChI is InChI=1S/C25H33BrN4O7/c1-15(2)20(28-23(34)36-6)22(33)30-12-11-29(24(35)37-25(3,4)5)14-18(30)21(32)27-13-19(31)16-7-9-17(26)10-8-16/h7-10,15,18H,11-14H2,1-6H3,(H,27,32). The van der Waals surface area contributed by atoms with Gasteiger partial charge in [-0.25, -0.2) is 9.59 Å². The van der Waals surface area contributed by atoms with Gasteiger partial charge in [0.1, 0.15) is 17.4 Å². The van der Waals surface area contributed by atoms with Crippen molar-refractivity contribution in [3.63, 3.8) is 0 Å². The van der Waals surface area contributed by atoms with E-state index in [1.807, 2.05) is 0 Å². The van der Waals surface area contributed by atoms with Crippen LogP contribution in [0.3, 0.4) is 0 Å². The highest BCUT2D eigenvalue weighted by atomic mass is 79.9. The summed E-state index contributed by atoms with van der Waals surface area (Å²) in [4.78, 5) is 70.0. The van der Waals surface area contributed by atoms with Crippen LogP contribution in [0, 0.1) is 5.92 Å². The van der Waals surface area contributed by atoms with E-state index in [0.29, 0.717) is 5.56 Å². The van der Waals surface area contributed by atoms with Gasteiger partial charge < -0.3 is 24.6 Å². The molecule has 1 atom stereocenters. The number of ether oxygens (including phenoxy) is 2. The van der Waals surface area contributed by atoms with Gasteiger partial charge in [-0.05, 0) is 32.9 Å². The van der Waals surface area contributed by atoms with Gasteiger partial charge in [-0.3, -0.25) is 14.4 Å². The van der Waals surface area contributed by atoms with Crippen LogP contribution in [0.4, 0.5) is 9.59 Å². The van der Waals surface area contributed by atoms with E-state index >= 15 is 0 Å². The predicted molar refractivity (Wildman–Crippen MR) is 139 cm³/mol. The largest absolute Gasteiger partial charge is 0.451 e. The van der Waals surface area contributed by atoms with E-state index in [-0.39, 0.29) is 37.7 Å². The van der Waals surface area contributed by atoms with E-state index in [1.54, 1.807) is 58.9 Å². The molecule has 1 N–H and O–H groups in total. The number of hydrogen-bond donors (Lipinski definition) is 1. The number of methoxy groups -OCH3 is 1. The van der Waals surface area contributed by atoms with Gasteiger partial charge in [0.2, 0.25) is 5.91 Å². The maximum atomic E-state index is 13.4. The minimum atomic E-state index is -1.15. The third-order valence-corrected chi connectivity index (χ3v) is 5.87. The van der Waals surface area contributed by atoms with Gasteiger partial charge in [0.15, 0.2) is 5.78 Å². The normalized spacial score (nSPS) is 16.3. The molecule has 11 nitrogen and oxygen atoms in total. The van der Waals surface area contributed by atoms with Gasteiger partial charge in [0.25, 0.3) is 5.91 Å². The lowest BCUT2D eigenvalue weighted by atomic mass is 10.0. The first kappa shape index (κ1) is 29.9. The van der Waals surface area contributed by atoms with Crippen LogP contribution >= 0.6 is 15.9 Å². The summed E-state index contributed by atoms with van der Waals surface area (Å²) >= 11 is 3.31. The first-order valence-corrected chi connectivity index (χ1v) is 12.5. The van der Waals surface area contributed by atoms with Gasteiger partial charge in [0.05, 0.1) is 20.2 Å². The Balaban J connectivity index is 2.28. The third-order valence-electron chi connectivity index (χ3n) is 5.34. The van der Waals surface area contributed by atoms with Crippen LogP contribution in [0.1, 0.15) is 45.0 Å². The molecule has 0 radical (unpaired) electrons. The summed E-state index contributed by atoms with van der Waals surface area (Å²) < 4.78 is 10.8. The van der Waals surface area contributed by atoms with Crippen molar-refractivity contribution < 1.29 is 33.4 Å². The fourth-order valence-corrected chi connectivity index (χ4v) is 3.75. The summed E-state index contributed by atoms with van der Waals surface area (Å²) in [5.41, 5.74) is -0.430. The average molecular weight is 581 g/mol. The zero-order chi connectivity index (χ0) is 27.9. The number of carbonyl (C=O) groups is 5. The van der Waals surface area contributed by atoms with Gasteiger partial charge in [0, 0.05) is 29.0 Å². The monoisotopic (exact) mass is 580 g/mol. The van der Waals surface area contributed by atoms with E-state index < -0.39 is 41.6 Å². The third kappa shape index (κ3) is 8.66. The summed E-state index contributed by atoms with van der Waals surface area (Å²) in [5.74, 6) is -2.04. The summed E-state index contributed by atoms with van der Waals surface area (Å²) in [6.07, 6.45) is -1.57. The van der Waals surface area contributed by atoms with Crippen LogP contribution in [0.15, 0.2) is 33.7 Å². The molecule has 1 fully saturated rings. The Morgan fingerprint density at radius 1 is 1.11 bits per heavy atom. The number of amides is 4. The lowest BCUT2D eigenvalue weighted by molar-refractivity contribution is -0.139. The number of aliphatic imine (C=N–C) groups is 1. The van der Waals surface area contributed by atoms with Gasteiger partial charge in [-0.1, -0.05) is 41.9 Å². The van der Waals surface area contributed by atoms with Crippen LogP contribution in [0.25, 0.3) is 0 Å². The van der Waals surface area contributed by atoms with Gasteiger partial charge in [-0.15, -0.1) is 0 Å². The molecule has 1 aliphatic rings. The van der Waals surface area contributed by atoms with Crippen molar-refractivity contribution in [2.24, 2.45) is 10.9 Å². The molecule has 2 rings (SSSR count). The second-order valence-corrected chi connectivity index (χ2v) is 10.6. The molecule has 0 aromatic heterocycles. The molecule has 0 spiro atoms. The number of halogens is 1. The Hall–Kier alpha value is -3.28. The smallest absolute Gasteiger partial charge is 0.433 e. The minimum Gasteiger partial charge on any atom is -0.451 e. The highest BCUT2D eigenvalue weighted by Gasteiger charge is 2.40. The number of rotatable bonds is 6. The second-order valence-electron chi connectivity index (χ2n) is 9.71. The predicted octanol–water partition coefficient (Wildman–Crippen LogP) is 3.06. The molecule has 4 amide bonds. The first-order valence-electron chi connectivity index (χ1n) is 11.8. The highest BCUT2D eigenvalue weighted by molar-refractivity contribution is 9.10. The molecular weight excluding hydrogens is 548 g/mol. The number of Topliss-reactive ketones (excluding diaryl/α,β-unsaturated/α-hetero) is 1. The average Bonchev–Trinajstić information content (AvgIpc) is 2.83. The fourth-order valence-electron chi connectivity index (χ4n) is 3.48. The molecule has 1 heterocycles. The second kappa shape index (κ2) is 12.8. The number of nitrogens with zero attached hydrogens (tertiary/aromatic N) is 3. The van der Waals surface area contributed by atoms with E-state index in [2.05, 4.69) is 31.0 Å². The van der Waals surface area contributed by atoms with E-state index in [9.17, 15) is 24.0 Å². The van der Waals surface area contributed by atoms with Crippen molar-refractivity contribution in [3.8, 4) is 0 Å². The lowest BCUT2D eigenvalue weighted by Gasteiger charge is -2.41. The summed E-state index contributed by atoms with van der Waals surface area (Å²) in [7, 11) is 1.15. The zero-order valence-corrected chi connectivity index (χ0v) is 23.5. The SMILES string of the molecule is COC(=O)N=C(C(=O)N1CCN(C(=O)OC(C)(C)C)CC1C(=O)NCC(=O)c1ccc(Br)cc1)C(C)C. The first-order chi connectivity index (χ1) is 17.2. The molecule has 1 unspecified atom stereocenters. The molecule has 202 valence electrons. The molecule has 1 aromatic rings. The number of benzene rings is 1. The maximum absolute atomic E-state index is 13.4. The van der Waals surface area contributed by atoms with Crippen molar-refractivity contribution in [2.45, 2.75) is 46.3 Å². The summed E-state index contributed by atoms with van der Waals surface area (Å²) in [5, 5.41) is 2.57. The number of nitrogens with one attached hydrogen (secondary N) is 1. The van der Waals surface area contributed by atoms with Gasteiger partial charge >= 0.3 is 12.2 Å². The molecule has 0 saturated carbocycles. The minimum absolute atomic E-state index is 0.0102. The van der Waals surface area contributed by atoms with Crippen molar-refractivity contribution in [1.82, 2.24) is 15.1 Å². The van der Waals surface area contributed by atoms with Crippen LogP contribution < -0.4 is 5.32 Å². The molecule has 12 heteroatoms.